The maximum atomic E-state index is 6.52. The van der Waals surface area contributed by atoms with Gasteiger partial charge in [-0.25, -0.2) is 5.01 Å². The van der Waals surface area contributed by atoms with Crippen molar-refractivity contribution in [3.8, 4) is 5.75 Å². The van der Waals surface area contributed by atoms with Crippen molar-refractivity contribution < 1.29 is 4.74 Å². The van der Waals surface area contributed by atoms with Gasteiger partial charge in [-0.15, -0.1) is 0 Å². The third-order valence-electron chi connectivity index (χ3n) is 5.16. The molecule has 2 unspecified atom stereocenters. The van der Waals surface area contributed by atoms with Crippen LogP contribution in [0.4, 0.5) is 0 Å². The van der Waals surface area contributed by atoms with Crippen LogP contribution >= 0.6 is 55.1 Å². The summed E-state index contributed by atoms with van der Waals surface area (Å²) >= 11 is 19.8. The molecule has 0 saturated carbocycles. The van der Waals surface area contributed by atoms with E-state index in [1.165, 1.54) is 0 Å². The highest BCUT2D eigenvalue weighted by molar-refractivity contribution is 9.11. The van der Waals surface area contributed by atoms with Crippen LogP contribution in [0.25, 0.3) is 0 Å². The molecule has 7 heteroatoms. The van der Waals surface area contributed by atoms with Gasteiger partial charge in [0, 0.05) is 32.1 Å². The molecular formula is C22H14Br2Cl2N2O. The van der Waals surface area contributed by atoms with E-state index in [9.17, 15) is 0 Å². The first-order chi connectivity index (χ1) is 14.0. The second-order valence-electron chi connectivity index (χ2n) is 6.95. The molecule has 0 saturated heterocycles. The van der Waals surface area contributed by atoms with Crippen LogP contribution < -0.4 is 4.74 Å². The van der Waals surface area contributed by atoms with Crippen molar-refractivity contribution in [2.45, 2.75) is 18.7 Å². The Balaban J connectivity index is 1.65. The summed E-state index contributed by atoms with van der Waals surface area (Å²) in [6.45, 7) is 0. The maximum absolute atomic E-state index is 6.52. The summed E-state index contributed by atoms with van der Waals surface area (Å²) in [7, 11) is 0. The molecule has 2 atom stereocenters. The molecule has 3 nitrogen and oxygen atoms in total. The zero-order chi connectivity index (χ0) is 20.1. The van der Waals surface area contributed by atoms with Crippen molar-refractivity contribution in [3.05, 3.63) is 96.3 Å². The van der Waals surface area contributed by atoms with Crippen molar-refractivity contribution in [2.75, 3.05) is 0 Å². The largest absolute Gasteiger partial charge is 0.463 e. The lowest BCUT2D eigenvalue weighted by atomic mass is 9.96. The van der Waals surface area contributed by atoms with Crippen molar-refractivity contribution >= 4 is 60.8 Å². The van der Waals surface area contributed by atoms with Gasteiger partial charge in [-0.1, -0.05) is 69.5 Å². The van der Waals surface area contributed by atoms with Crippen LogP contribution in [-0.4, -0.2) is 10.7 Å². The highest BCUT2D eigenvalue weighted by atomic mass is 79.9. The molecule has 5 rings (SSSR count). The molecule has 2 aliphatic rings. The highest BCUT2D eigenvalue weighted by Crippen LogP contribution is 2.51. The maximum Gasteiger partial charge on any atom is 0.215 e. The van der Waals surface area contributed by atoms with E-state index in [1.54, 1.807) is 0 Å². The Bertz CT molecular complexity index is 1130. The first kappa shape index (κ1) is 19.4. The first-order valence-corrected chi connectivity index (χ1v) is 11.4. The average Bonchev–Trinajstić information content (AvgIpc) is 3.14. The molecule has 3 aromatic rings. The summed E-state index contributed by atoms with van der Waals surface area (Å²) in [4.78, 5) is 0. The molecule has 0 aliphatic carbocycles. The number of fused-ring (bicyclic) bond motifs is 3. The molecule has 146 valence electrons. The molecule has 3 aromatic carbocycles. The molecule has 2 heterocycles. The van der Waals surface area contributed by atoms with Gasteiger partial charge in [-0.2, -0.15) is 5.10 Å². The third kappa shape index (κ3) is 3.48. The summed E-state index contributed by atoms with van der Waals surface area (Å²) in [5.74, 6) is 0.826. The second kappa shape index (κ2) is 7.62. The minimum atomic E-state index is -0.413. The Labute approximate surface area is 195 Å². The first-order valence-electron chi connectivity index (χ1n) is 9.03. The standard InChI is InChI=1S/C22H14Br2Cl2N2O/c23-13-9-16-20-11-19(12-5-7-14(25)8-6-12)27-28(20)22(29-21(16)17(24)10-13)15-3-1-2-4-18(15)26/h1-10,20,22H,11H2. The summed E-state index contributed by atoms with van der Waals surface area (Å²) in [5, 5.41) is 8.34. The molecule has 0 aromatic heterocycles. The van der Waals surface area contributed by atoms with Crippen LogP contribution in [0.2, 0.25) is 10.0 Å². The minimum absolute atomic E-state index is 0.0412. The Hall–Kier alpha value is -1.53. The Morgan fingerprint density at radius 3 is 2.48 bits per heavy atom. The van der Waals surface area contributed by atoms with E-state index in [-0.39, 0.29) is 6.04 Å². The van der Waals surface area contributed by atoms with E-state index < -0.39 is 6.23 Å². The number of nitrogens with zero attached hydrogens (tertiary/aromatic N) is 2. The quantitative estimate of drug-likeness (QED) is 0.324. The summed E-state index contributed by atoms with van der Waals surface area (Å²) in [6, 6.07) is 19.7. The number of ether oxygens (including phenoxy) is 1. The minimum Gasteiger partial charge on any atom is -0.463 e. The number of rotatable bonds is 2. The van der Waals surface area contributed by atoms with E-state index in [0.29, 0.717) is 10.0 Å². The van der Waals surface area contributed by atoms with Crippen LogP contribution in [0.1, 0.15) is 35.4 Å². The smallest absolute Gasteiger partial charge is 0.215 e. The van der Waals surface area contributed by atoms with Gasteiger partial charge in [-0.3, -0.25) is 0 Å². The van der Waals surface area contributed by atoms with Crippen molar-refractivity contribution in [2.24, 2.45) is 5.10 Å². The SMILES string of the molecule is Clc1ccc(C2=NN3C(C2)c2cc(Br)cc(Br)c2OC3c2ccccc2Cl)cc1. The fraction of sp³-hybridized carbons (Fsp3) is 0.136. The van der Waals surface area contributed by atoms with Crippen LogP contribution in [0.5, 0.6) is 5.75 Å². The van der Waals surface area contributed by atoms with Crippen LogP contribution in [0.3, 0.4) is 0 Å². The lowest BCUT2D eigenvalue weighted by Crippen LogP contribution is -2.34. The Morgan fingerprint density at radius 1 is 0.966 bits per heavy atom. The topological polar surface area (TPSA) is 24.8 Å². The fourth-order valence-electron chi connectivity index (χ4n) is 3.81. The summed E-state index contributed by atoms with van der Waals surface area (Å²) < 4.78 is 8.34. The third-order valence-corrected chi connectivity index (χ3v) is 6.80. The van der Waals surface area contributed by atoms with Crippen LogP contribution in [-0.2, 0) is 0 Å². The zero-order valence-corrected chi connectivity index (χ0v) is 19.6. The second-order valence-corrected chi connectivity index (χ2v) is 9.56. The Morgan fingerprint density at radius 2 is 1.72 bits per heavy atom. The van der Waals surface area contributed by atoms with Gasteiger partial charge in [-0.05, 0) is 51.8 Å². The van der Waals surface area contributed by atoms with Gasteiger partial charge in [0.2, 0.25) is 6.23 Å². The molecule has 0 bridgehead atoms. The predicted molar refractivity (Wildman–Crippen MR) is 124 cm³/mol. The van der Waals surface area contributed by atoms with Gasteiger partial charge < -0.3 is 4.74 Å². The van der Waals surface area contributed by atoms with Gasteiger partial charge in [0.05, 0.1) is 16.2 Å². The number of hydrogen-bond donors (Lipinski definition) is 0. The lowest BCUT2D eigenvalue weighted by Gasteiger charge is -2.39. The Kier molecular flexibility index (Phi) is 5.11. The molecule has 0 fully saturated rings. The van der Waals surface area contributed by atoms with E-state index >= 15 is 0 Å². The van der Waals surface area contributed by atoms with Crippen molar-refractivity contribution in [1.29, 1.82) is 0 Å². The zero-order valence-electron chi connectivity index (χ0n) is 14.9. The van der Waals surface area contributed by atoms with Crippen molar-refractivity contribution in [3.63, 3.8) is 0 Å². The van der Waals surface area contributed by atoms with E-state index in [0.717, 1.165) is 43.5 Å². The fourth-order valence-corrected chi connectivity index (χ4v) is 5.52. The van der Waals surface area contributed by atoms with Crippen molar-refractivity contribution in [1.82, 2.24) is 5.01 Å². The molecule has 29 heavy (non-hydrogen) atoms. The van der Waals surface area contributed by atoms with E-state index in [2.05, 4.69) is 37.9 Å². The average molecular weight is 553 g/mol. The van der Waals surface area contributed by atoms with Crippen LogP contribution in [0, 0.1) is 0 Å². The number of hydrogen-bond acceptors (Lipinski definition) is 3. The summed E-state index contributed by atoms with van der Waals surface area (Å²) in [6.07, 6.45) is 0.352. The number of benzene rings is 3. The molecule has 0 spiro atoms. The van der Waals surface area contributed by atoms with Gasteiger partial charge in [0.25, 0.3) is 0 Å². The number of halogens is 4. The number of hydrazone groups is 1. The predicted octanol–water partition coefficient (Wildman–Crippen LogP) is 7.76. The molecule has 0 N–H and O–H groups in total. The molecule has 0 amide bonds. The molecular weight excluding hydrogens is 539 g/mol. The summed E-state index contributed by atoms with van der Waals surface area (Å²) in [5.41, 5.74) is 4.02. The lowest BCUT2D eigenvalue weighted by molar-refractivity contribution is -0.0196. The van der Waals surface area contributed by atoms with Gasteiger partial charge in [0.1, 0.15) is 5.75 Å². The van der Waals surface area contributed by atoms with E-state index in [4.69, 9.17) is 33.0 Å². The highest BCUT2D eigenvalue weighted by Gasteiger charge is 2.42. The normalized spacial score (nSPS) is 20.0. The van der Waals surface area contributed by atoms with Crippen LogP contribution in [0.15, 0.2) is 74.7 Å². The molecule has 2 aliphatic heterocycles. The van der Waals surface area contributed by atoms with E-state index in [1.807, 2.05) is 59.6 Å². The van der Waals surface area contributed by atoms with Gasteiger partial charge in [0.15, 0.2) is 0 Å². The monoisotopic (exact) mass is 550 g/mol. The molecule has 0 radical (unpaired) electrons. The van der Waals surface area contributed by atoms with Gasteiger partial charge >= 0.3 is 0 Å².